The molecule has 0 spiro atoms. The van der Waals surface area contributed by atoms with Crippen molar-refractivity contribution in [3.63, 3.8) is 0 Å². The molecule has 3 heterocycles. The molecule has 0 saturated heterocycles. The van der Waals surface area contributed by atoms with Gasteiger partial charge in [0.05, 0.1) is 23.6 Å². The van der Waals surface area contributed by atoms with Gasteiger partial charge in [0.1, 0.15) is 23.6 Å². The van der Waals surface area contributed by atoms with Gasteiger partial charge in [-0.3, -0.25) is 4.79 Å². The van der Waals surface area contributed by atoms with E-state index in [-0.39, 0.29) is 34.9 Å². The molecule has 4 aromatic rings. The first-order valence-electron chi connectivity index (χ1n) is 11.6. The van der Waals surface area contributed by atoms with Gasteiger partial charge in [0.15, 0.2) is 5.65 Å². The summed E-state index contributed by atoms with van der Waals surface area (Å²) < 4.78 is 40.9. The number of nitrogens with zero attached hydrogens (tertiary/aromatic N) is 3. The fourth-order valence-corrected chi connectivity index (χ4v) is 4.38. The van der Waals surface area contributed by atoms with E-state index in [0.717, 1.165) is 25.0 Å². The summed E-state index contributed by atoms with van der Waals surface area (Å²) in [5.41, 5.74) is 1.61. The molecule has 0 atom stereocenters. The van der Waals surface area contributed by atoms with Gasteiger partial charge < -0.3 is 14.5 Å². The van der Waals surface area contributed by atoms with Crippen LogP contribution in [0.3, 0.4) is 0 Å². The van der Waals surface area contributed by atoms with Crippen molar-refractivity contribution in [3.8, 4) is 28.4 Å². The van der Waals surface area contributed by atoms with E-state index in [2.05, 4.69) is 19.9 Å². The summed E-state index contributed by atoms with van der Waals surface area (Å²) in [4.78, 5) is 27.5. The van der Waals surface area contributed by atoms with Crippen LogP contribution in [0.25, 0.3) is 33.7 Å². The summed E-state index contributed by atoms with van der Waals surface area (Å²) >= 11 is 0. The molecule has 180 valence electrons. The van der Waals surface area contributed by atoms with Crippen molar-refractivity contribution in [1.82, 2.24) is 19.9 Å². The number of H-pyrrole nitrogens is 1. The molecular formula is C26H24F2N4O3. The minimum Gasteiger partial charge on any atom is -0.474 e. The third-order valence-electron chi connectivity index (χ3n) is 6.20. The molecule has 1 N–H and O–H groups in total. The molecule has 9 heteroatoms. The lowest BCUT2D eigenvalue weighted by molar-refractivity contribution is -0.149. The predicted molar refractivity (Wildman–Crippen MR) is 125 cm³/mol. The number of pyridine rings is 2. The molecule has 0 radical (unpaired) electrons. The molecule has 0 bridgehead atoms. The van der Waals surface area contributed by atoms with Gasteiger partial charge in [-0.1, -0.05) is 0 Å². The maximum atomic E-state index is 15.0. The van der Waals surface area contributed by atoms with Gasteiger partial charge in [-0.05, 0) is 62.9 Å². The third-order valence-corrected chi connectivity index (χ3v) is 6.20. The van der Waals surface area contributed by atoms with E-state index in [9.17, 15) is 13.6 Å². The lowest BCUT2D eigenvalue weighted by Crippen LogP contribution is -2.29. The Morgan fingerprint density at radius 2 is 1.83 bits per heavy atom. The van der Waals surface area contributed by atoms with E-state index in [4.69, 9.17) is 9.47 Å². The topological polar surface area (TPSA) is 90.0 Å². The SMILES string of the molecule is CCOC(=O)C1CCC(Oc2ccc(-c3cc(F)c(-c4nc5ncccc5[nH]4)cc3F)cn2)CC1. The molecule has 1 aliphatic carbocycles. The average Bonchev–Trinajstić information content (AvgIpc) is 3.30. The first kappa shape index (κ1) is 22.9. The normalized spacial score (nSPS) is 17.9. The van der Waals surface area contributed by atoms with Gasteiger partial charge in [0.2, 0.25) is 5.88 Å². The minimum absolute atomic E-state index is 0.0237. The minimum atomic E-state index is -0.612. The Bertz CT molecular complexity index is 1320. The van der Waals surface area contributed by atoms with Crippen LogP contribution in [0.15, 0.2) is 48.8 Å². The number of nitrogens with one attached hydrogen (secondary N) is 1. The Balaban J connectivity index is 1.28. The quantitative estimate of drug-likeness (QED) is 0.370. The Kier molecular flexibility index (Phi) is 6.39. The second-order valence-corrected chi connectivity index (χ2v) is 8.50. The number of hydrogen-bond acceptors (Lipinski definition) is 6. The predicted octanol–water partition coefficient (Wildman–Crippen LogP) is 5.47. The first-order valence-corrected chi connectivity index (χ1v) is 11.6. The summed E-state index contributed by atoms with van der Waals surface area (Å²) in [7, 11) is 0. The molecular weight excluding hydrogens is 454 g/mol. The van der Waals surface area contributed by atoms with Crippen LogP contribution in [0.5, 0.6) is 5.88 Å². The molecule has 3 aromatic heterocycles. The Morgan fingerprint density at radius 3 is 2.54 bits per heavy atom. The number of benzene rings is 1. The highest BCUT2D eigenvalue weighted by molar-refractivity contribution is 5.77. The number of imidazole rings is 1. The van der Waals surface area contributed by atoms with Crippen LogP contribution in [-0.4, -0.2) is 38.6 Å². The van der Waals surface area contributed by atoms with Crippen LogP contribution in [0.2, 0.25) is 0 Å². The fourth-order valence-electron chi connectivity index (χ4n) is 4.38. The van der Waals surface area contributed by atoms with E-state index < -0.39 is 11.6 Å². The number of fused-ring (bicyclic) bond motifs is 1. The molecule has 35 heavy (non-hydrogen) atoms. The summed E-state index contributed by atoms with van der Waals surface area (Å²) in [5.74, 6) is -0.823. The van der Waals surface area contributed by atoms with Crippen LogP contribution >= 0.6 is 0 Å². The van der Waals surface area contributed by atoms with Crippen LogP contribution in [-0.2, 0) is 9.53 Å². The number of aromatic amines is 1. The molecule has 1 fully saturated rings. The molecule has 0 amide bonds. The van der Waals surface area contributed by atoms with E-state index in [1.165, 1.54) is 6.20 Å². The average molecular weight is 478 g/mol. The number of hydrogen-bond donors (Lipinski definition) is 1. The number of aromatic nitrogens is 4. The van der Waals surface area contributed by atoms with Gasteiger partial charge in [-0.2, -0.15) is 0 Å². The zero-order valence-corrected chi connectivity index (χ0v) is 19.1. The van der Waals surface area contributed by atoms with Crippen LogP contribution in [0, 0.1) is 17.6 Å². The Hall–Kier alpha value is -3.88. The lowest BCUT2D eigenvalue weighted by Gasteiger charge is -2.27. The van der Waals surface area contributed by atoms with Gasteiger partial charge >= 0.3 is 5.97 Å². The molecule has 5 rings (SSSR count). The Labute approximate surface area is 200 Å². The molecule has 7 nitrogen and oxygen atoms in total. The number of halogens is 2. The number of rotatable bonds is 6. The van der Waals surface area contributed by atoms with E-state index in [0.29, 0.717) is 42.1 Å². The summed E-state index contributed by atoms with van der Waals surface area (Å²) in [5, 5.41) is 0. The van der Waals surface area contributed by atoms with Crippen molar-refractivity contribution in [2.24, 2.45) is 5.92 Å². The smallest absolute Gasteiger partial charge is 0.308 e. The second-order valence-electron chi connectivity index (χ2n) is 8.50. The Morgan fingerprint density at radius 1 is 1.06 bits per heavy atom. The first-order chi connectivity index (χ1) is 17.0. The van der Waals surface area contributed by atoms with E-state index in [1.807, 2.05) is 0 Å². The number of esters is 1. The van der Waals surface area contributed by atoms with Crippen molar-refractivity contribution in [3.05, 3.63) is 60.4 Å². The summed E-state index contributed by atoms with van der Waals surface area (Å²) in [6.07, 6.45) is 5.87. The van der Waals surface area contributed by atoms with Crippen molar-refractivity contribution in [2.75, 3.05) is 6.61 Å². The van der Waals surface area contributed by atoms with Gasteiger partial charge in [0.25, 0.3) is 0 Å². The number of ether oxygens (including phenoxy) is 2. The molecule has 1 saturated carbocycles. The van der Waals surface area contributed by atoms with Crippen LogP contribution < -0.4 is 4.74 Å². The summed E-state index contributed by atoms with van der Waals surface area (Å²) in [6.45, 7) is 2.19. The van der Waals surface area contributed by atoms with Crippen LogP contribution in [0.4, 0.5) is 8.78 Å². The maximum absolute atomic E-state index is 15.0. The third kappa shape index (κ3) is 4.84. The summed E-state index contributed by atoms with van der Waals surface area (Å²) in [6, 6.07) is 9.05. The van der Waals surface area contributed by atoms with Gasteiger partial charge in [-0.25, -0.2) is 23.7 Å². The van der Waals surface area contributed by atoms with Crippen molar-refractivity contribution < 1.29 is 23.0 Å². The lowest BCUT2D eigenvalue weighted by atomic mass is 9.87. The van der Waals surface area contributed by atoms with Crippen LogP contribution in [0.1, 0.15) is 32.6 Å². The molecule has 0 unspecified atom stereocenters. The highest BCUT2D eigenvalue weighted by Gasteiger charge is 2.28. The van der Waals surface area contributed by atoms with Gasteiger partial charge in [0, 0.05) is 29.6 Å². The largest absolute Gasteiger partial charge is 0.474 e. The van der Waals surface area contributed by atoms with E-state index >= 15 is 0 Å². The van der Waals surface area contributed by atoms with Crippen molar-refractivity contribution >= 4 is 17.1 Å². The second kappa shape index (κ2) is 9.77. The highest BCUT2D eigenvalue weighted by Crippen LogP contribution is 2.32. The monoisotopic (exact) mass is 478 g/mol. The van der Waals surface area contributed by atoms with Gasteiger partial charge in [-0.15, -0.1) is 0 Å². The standard InChI is InChI=1S/C26H24F2N4O3/c1-2-34-26(33)15-5-8-17(9-6-15)35-23-10-7-16(14-30-23)18-12-21(28)19(13-20(18)27)24-31-22-4-3-11-29-25(22)32-24/h3-4,7,10-15,17H,2,5-6,8-9H2,1H3,(H,29,31,32). The zero-order valence-electron chi connectivity index (χ0n) is 19.1. The number of carbonyl (C=O) groups excluding carboxylic acids is 1. The van der Waals surface area contributed by atoms with E-state index in [1.54, 1.807) is 37.4 Å². The molecule has 0 aliphatic heterocycles. The van der Waals surface area contributed by atoms with Crippen molar-refractivity contribution in [2.45, 2.75) is 38.7 Å². The molecule has 1 aliphatic rings. The zero-order chi connectivity index (χ0) is 24.4. The fraction of sp³-hybridized carbons (Fsp3) is 0.308. The maximum Gasteiger partial charge on any atom is 0.308 e. The highest BCUT2D eigenvalue weighted by atomic mass is 19.1. The van der Waals surface area contributed by atoms with Crippen molar-refractivity contribution in [1.29, 1.82) is 0 Å². The molecule has 1 aromatic carbocycles. The number of carbonyl (C=O) groups is 1.